The summed E-state index contributed by atoms with van der Waals surface area (Å²) in [6.45, 7) is 0. The number of aromatic nitrogens is 1. The number of hydrogen-bond acceptors (Lipinski definition) is 2. The predicted molar refractivity (Wildman–Crippen MR) is 43.1 cm³/mol. The molecular weight excluding hydrogens is 205 g/mol. The summed E-state index contributed by atoms with van der Waals surface area (Å²) in [6.07, 6.45) is -2.97. The minimum absolute atomic E-state index is 0.0563. The van der Waals surface area contributed by atoms with Crippen molar-refractivity contribution in [1.29, 1.82) is 0 Å². The average molecular weight is 211 g/mol. The second-order valence-corrected chi connectivity index (χ2v) is 2.60. The molecule has 2 N–H and O–H groups in total. The van der Waals surface area contributed by atoms with E-state index in [1.165, 1.54) is 0 Å². The van der Waals surface area contributed by atoms with E-state index in [2.05, 4.69) is 4.98 Å². The van der Waals surface area contributed by atoms with Crippen LogP contribution in [0.4, 0.5) is 19.0 Å². The second-order valence-electron chi connectivity index (χ2n) is 2.33. The molecule has 0 bridgehead atoms. The Labute approximate surface area is 77.5 Å². The van der Waals surface area contributed by atoms with Crippen molar-refractivity contribution in [3.63, 3.8) is 0 Å². The molecule has 6 heteroatoms. The largest absolute Gasteiger partial charge is 0.383 e. The molecule has 13 heavy (non-hydrogen) atoms. The number of halogens is 4. The van der Waals surface area contributed by atoms with E-state index in [4.69, 9.17) is 17.3 Å². The van der Waals surface area contributed by atoms with Crippen LogP contribution >= 0.6 is 11.6 Å². The Morgan fingerprint density at radius 3 is 2.62 bits per heavy atom. The third kappa shape index (κ3) is 2.03. The SMILES string of the molecule is Nc1nc(C(F)F)c(F)cc1CCl. The Morgan fingerprint density at radius 1 is 1.54 bits per heavy atom. The lowest BCUT2D eigenvalue weighted by molar-refractivity contribution is 0.140. The molecule has 0 aliphatic heterocycles. The van der Waals surface area contributed by atoms with Crippen LogP contribution in [-0.2, 0) is 5.88 Å². The van der Waals surface area contributed by atoms with Gasteiger partial charge in [0.1, 0.15) is 11.5 Å². The predicted octanol–water partition coefficient (Wildman–Crippen LogP) is 2.48. The summed E-state index contributed by atoms with van der Waals surface area (Å²) in [5.74, 6) is -1.30. The number of pyridine rings is 1. The van der Waals surface area contributed by atoms with Gasteiger partial charge in [-0.05, 0) is 6.07 Å². The summed E-state index contributed by atoms with van der Waals surface area (Å²) >= 11 is 5.36. The molecular formula is C7H6ClF3N2. The molecule has 0 atom stereocenters. The van der Waals surface area contributed by atoms with E-state index in [9.17, 15) is 13.2 Å². The average Bonchev–Trinajstić information content (AvgIpc) is 2.07. The first-order chi connectivity index (χ1) is 6.06. The van der Waals surface area contributed by atoms with E-state index < -0.39 is 17.9 Å². The fourth-order valence-corrected chi connectivity index (χ4v) is 1.03. The van der Waals surface area contributed by atoms with Gasteiger partial charge in [0.05, 0.1) is 5.88 Å². The summed E-state index contributed by atoms with van der Waals surface area (Å²) in [7, 11) is 0. The van der Waals surface area contributed by atoms with Crippen LogP contribution in [-0.4, -0.2) is 4.98 Å². The molecule has 72 valence electrons. The van der Waals surface area contributed by atoms with Gasteiger partial charge in [-0.2, -0.15) is 0 Å². The molecule has 0 fully saturated rings. The van der Waals surface area contributed by atoms with Crippen molar-refractivity contribution >= 4 is 17.4 Å². The third-order valence-corrected chi connectivity index (χ3v) is 1.75. The molecule has 1 heterocycles. The van der Waals surface area contributed by atoms with Gasteiger partial charge in [0.25, 0.3) is 6.43 Å². The lowest BCUT2D eigenvalue weighted by Crippen LogP contribution is -2.03. The van der Waals surface area contributed by atoms with Gasteiger partial charge in [-0.3, -0.25) is 0 Å². The maximum atomic E-state index is 12.8. The van der Waals surface area contributed by atoms with Crippen molar-refractivity contribution in [1.82, 2.24) is 4.98 Å². The van der Waals surface area contributed by atoms with Crippen molar-refractivity contribution in [2.24, 2.45) is 0 Å². The molecule has 1 aromatic heterocycles. The molecule has 0 aliphatic carbocycles. The van der Waals surface area contributed by atoms with Gasteiger partial charge in [-0.15, -0.1) is 11.6 Å². The smallest absolute Gasteiger partial charge is 0.283 e. The highest BCUT2D eigenvalue weighted by Gasteiger charge is 2.17. The molecule has 0 saturated heterocycles. The monoisotopic (exact) mass is 210 g/mol. The van der Waals surface area contributed by atoms with Crippen LogP contribution in [0.1, 0.15) is 17.7 Å². The third-order valence-electron chi connectivity index (χ3n) is 1.47. The Hall–Kier alpha value is -0.970. The number of alkyl halides is 3. The molecule has 1 rings (SSSR count). The minimum Gasteiger partial charge on any atom is -0.383 e. The van der Waals surface area contributed by atoms with Crippen molar-refractivity contribution < 1.29 is 13.2 Å². The van der Waals surface area contributed by atoms with Gasteiger partial charge >= 0.3 is 0 Å². The highest BCUT2D eigenvalue weighted by atomic mass is 35.5. The van der Waals surface area contributed by atoms with Crippen LogP contribution in [0.5, 0.6) is 0 Å². The van der Waals surface area contributed by atoms with Gasteiger partial charge in [0, 0.05) is 5.56 Å². The molecule has 0 radical (unpaired) electrons. The number of nitrogens with zero attached hydrogens (tertiary/aromatic N) is 1. The number of rotatable bonds is 2. The standard InChI is InChI=1S/C7H6ClF3N2/c8-2-3-1-4(9)5(6(10)11)13-7(3)12/h1,6H,2H2,(H2,12,13). The fraction of sp³-hybridized carbons (Fsp3) is 0.286. The Kier molecular flexibility index (Phi) is 2.98. The van der Waals surface area contributed by atoms with Crippen LogP contribution in [0.15, 0.2) is 6.07 Å². The quantitative estimate of drug-likeness (QED) is 0.762. The van der Waals surface area contributed by atoms with E-state index in [1.807, 2.05) is 0 Å². The second kappa shape index (κ2) is 3.83. The maximum Gasteiger partial charge on any atom is 0.283 e. The zero-order chi connectivity index (χ0) is 10.0. The summed E-state index contributed by atoms with van der Waals surface area (Å²) < 4.78 is 36.9. The van der Waals surface area contributed by atoms with E-state index in [1.54, 1.807) is 0 Å². The van der Waals surface area contributed by atoms with E-state index >= 15 is 0 Å². The fourth-order valence-electron chi connectivity index (χ4n) is 0.816. The lowest BCUT2D eigenvalue weighted by Gasteiger charge is -2.05. The molecule has 2 nitrogen and oxygen atoms in total. The molecule has 0 spiro atoms. The van der Waals surface area contributed by atoms with Crippen molar-refractivity contribution in [3.8, 4) is 0 Å². The highest BCUT2D eigenvalue weighted by molar-refractivity contribution is 6.17. The Balaban J connectivity index is 3.20. The van der Waals surface area contributed by atoms with Gasteiger partial charge in [0.15, 0.2) is 5.82 Å². The number of anilines is 1. The number of nitrogen functional groups attached to an aromatic ring is 1. The van der Waals surface area contributed by atoms with E-state index in [0.29, 0.717) is 0 Å². The topological polar surface area (TPSA) is 38.9 Å². The first-order valence-corrected chi connectivity index (χ1v) is 3.88. The number of hydrogen-bond donors (Lipinski definition) is 1. The van der Waals surface area contributed by atoms with Gasteiger partial charge < -0.3 is 5.73 Å². The van der Waals surface area contributed by atoms with Gasteiger partial charge in [-0.25, -0.2) is 18.2 Å². The maximum absolute atomic E-state index is 12.8. The lowest BCUT2D eigenvalue weighted by atomic mass is 10.2. The Bertz CT molecular complexity index is 317. The molecule has 0 amide bonds. The number of nitrogens with two attached hydrogens (primary N) is 1. The van der Waals surface area contributed by atoms with Crippen molar-refractivity contribution in [2.45, 2.75) is 12.3 Å². The first-order valence-electron chi connectivity index (χ1n) is 3.35. The minimum atomic E-state index is -2.97. The summed E-state index contributed by atoms with van der Waals surface area (Å²) in [6, 6.07) is 0.872. The summed E-state index contributed by atoms with van der Waals surface area (Å²) in [5, 5.41) is 0. The van der Waals surface area contributed by atoms with Crippen molar-refractivity contribution in [2.75, 3.05) is 5.73 Å². The molecule has 0 unspecified atom stereocenters. The van der Waals surface area contributed by atoms with Gasteiger partial charge in [0.2, 0.25) is 0 Å². The van der Waals surface area contributed by atoms with E-state index in [-0.39, 0.29) is 17.3 Å². The van der Waals surface area contributed by atoms with Crippen LogP contribution < -0.4 is 5.73 Å². The normalized spacial score (nSPS) is 10.8. The first kappa shape index (κ1) is 10.1. The van der Waals surface area contributed by atoms with Crippen LogP contribution in [0, 0.1) is 5.82 Å². The summed E-state index contributed by atoms with van der Waals surface area (Å²) in [5.41, 5.74) is 4.52. The Morgan fingerprint density at radius 2 is 2.15 bits per heavy atom. The molecule has 0 saturated carbocycles. The van der Waals surface area contributed by atoms with Crippen LogP contribution in [0.25, 0.3) is 0 Å². The molecule has 0 aromatic carbocycles. The van der Waals surface area contributed by atoms with Crippen molar-refractivity contribution in [3.05, 3.63) is 23.1 Å². The zero-order valence-corrected chi connectivity index (χ0v) is 7.15. The summed E-state index contributed by atoms with van der Waals surface area (Å²) in [4.78, 5) is 3.21. The highest BCUT2D eigenvalue weighted by Crippen LogP contribution is 2.23. The van der Waals surface area contributed by atoms with Crippen LogP contribution in [0.2, 0.25) is 0 Å². The molecule has 1 aromatic rings. The van der Waals surface area contributed by atoms with Gasteiger partial charge in [-0.1, -0.05) is 0 Å². The van der Waals surface area contributed by atoms with E-state index in [0.717, 1.165) is 6.07 Å². The van der Waals surface area contributed by atoms with Crippen LogP contribution in [0.3, 0.4) is 0 Å². The molecule has 0 aliphatic rings. The zero-order valence-electron chi connectivity index (χ0n) is 6.40.